The van der Waals surface area contributed by atoms with Crippen LogP contribution in [0.4, 0.5) is 0 Å². The average Bonchev–Trinajstić information content (AvgIpc) is 3.18. The summed E-state index contributed by atoms with van der Waals surface area (Å²) in [4.78, 5) is 35.3. The summed E-state index contributed by atoms with van der Waals surface area (Å²) in [6.45, 7) is 4.02. The second-order valence-electron chi connectivity index (χ2n) is 15.5. The monoisotopic (exact) mass is 847 g/mol. The Morgan fingerprint density at radius 1 is 0.627 bits per heavy atom. The predicted molar refractivity (Wildman–Crippen MR) is 244 cm³/mol. The maximum atomic E-state index is 12.7. The summed E-state index contributed by atoms with van der Waals surface area (Å²) in [6.07, 6.45) is 48.0. The fraction of sp³-hybridized carbons (Fsp3) is 0.625. The normalized spacial score (nSPS) is 15.0. The van der Waals surface area contributed by atoms with Crippen LogP contribution in [0.25, 0.3) is 0 Å². The van der Waals surface area contributed by atoms with Gasteiger partial charge in [-0.25, -0.2) is 4.57 Å². The fourth-order valence-corrected chi connectivity index (χ4v) is 5.95. The van der Waals surface area contributed by atoms with E-state index in [9.17, 15) is 24.2 Å². The van der Waals surface area contributed by atoms with Gasteiger partial charge in [0.2, 0.25) is 0 Å². The van der Waals surface area contributed by atoms with Gasteiger partial charge in [-0.15, -0.1) is 0 Å². The number of rotatable bonds is 38. The molecular weight excluding hydrogens is 766 g/mol. The van der Waals surface area contributed by atoms with Crippen LogP contribution in [-0.2, 0) is 32.7 Å². The van der Waals surface area contributed by atoms with Crippen molar-refractivity contribution >= 4 is 19.8 Å². The molecule has 0 saturated heterocycles. The van der Waals surface area contributed by atoms with Crippen molar-refractivity contribution in [1.29, 1.82) is 0 Å². The van der Waals surface area contributed by atoms with E-state index in [1.54, 1.807) is 6.08 Å². The van der Waals surface area contributed by atoms with Crippen molar-refractivity contribution in [2.45, 2.75) is 148 Å². The largest absolute Gasteiger partial charge is 0.472 e. The molecule has 0 aliphatic carbocycles. The molecule has 2 unspecified atom stereocenters. The van der Waals surface area contributed by atoms with Crippen LogP contribution in [0, 0.1) is 0 Å². The van der Waals surface area contributed by atoms with E-state index in [2.05, 4.69) is 68.5 Å². The number of aliphatic hydroxyl groups is 1. The first-order chi connectivity index (χ1) is 28.4. The van der Waals surface area contributed by atoms with Gasteiger partial charge in [0, 0.05) is 12.8 Å². The number of esters is 2. The third-order valence-electron chi connectivity index (χ3n) is 8.69. The minimum atomic E-state index is -4.42. The molecule has 3 atom stereocenters. The number of aliphatic hydroxyl groups excluding tert-OH is 1. The van der Waals surface area contributed by atoms with E-state index in [1.807, 2.05) is 57.6 Å². The van der Waals surface area contributed by atoms with Gasteiger partial charge in [-0.05, 0) is 77.0 Å². The van der Waals surface area contributed by atoms with Crippen LogP contribution in [0.2, 0.25) is 0 Å². The maximum Gasteiger partial charge on any atom is 0.472 e. The van der Waals surface area contributed by atoms with Gasteiger partial charge in [0.1, 0.15) is 19.8 Å². The van der Waals surface area contributed by atoms with E-state index < -0.39 is 38.6 Å². The standard InChI is InChI=1S/C48H80NO9P/c1-6-8-10-11-12-13-14-15-16-17-18-19-20-21-22-25-28-31-35-39-47(51)55-43-46(44-57-59(53,54)56-42-41-49(3,4)5)58-48(52)40-36-32-29-26-23-24-27-30-34-38-45(50)37-33-9-7-2/h9,12-13,15-16,18-19,21-22,27-28,30-31,33-34,38,45-46,50H,6-8,10-11,14,17,20,23-26,29,32,35-37,39-44H2,1-5H3/p+1/b13-12-,16-15-,19-18-,22-21-,30-27+,31-28-,33-9+,38-34+/t45?,46-/m1/s1. The summed E-state index contributed by atoms with van der Waals surface area (Å²) in [5, 5.41) is 9.89. The topological polar surface area (TPSA) is 129 Å². The van der Waals surface area contributed by atoms with Crippen LogP contribution in [0.1, 0.15) is 136 Å². The molecule has 11 heteroatoms. The highest BCUT2D eigenvalue weighted by molar-refractivity contribution is 7.47. The van der Waals surface area contributed by atoms with E-state index in [4.69, 9.17) is 18.5 Å². The molecule has 0 saturated carbocycles. The third kappa shape index (κ3) is 42.8. The van der Waals surface area contributed by atoms with Gasteiger partial charge >= 0.3 is 19.8 Å². The molecule has 0 aromatic carbocycles. The minimum absolute atomic E-state index is 0.00131. The number of phosphoric ester groups is 1. The average molecular weight is 847 g/mol. The molecule has 0 bridgehead atoms. The Hall–Kier alpha value is -3.11. The number of unbranched alkanes of at least 4 members (excludes halogenated alkanes) is 8. The molecule has 59 heavy (non-hydrogen) atoms. The van der Waals surface area contributed by atoms with Crippen molar-refractivity contribution in [2.24, 2.45) is 0 Å². The molecule has 336 valence electrons. The molecule has 0 aromatic heterocycles. The van der Waals surface area contributed by atoms with Crippen molar-refractivity contribution in [1.82, 2.24) is 0 Å². The van der Waals surface area contributed by atoms with Crippen LogP contribution in [-0.4, -0.2) is 86.1 Å². The molecule has 0 aliphatic rings. The summed E-state index contributed by atoms with van der Waals surface area (Å²) in [7, 11) is 1.37. The number of carbonyl (C=O) groups excluding carboxylic acids is 2. The van der Waals surface area contributed by atoms with Crippen molar-refractivity contribution in [3.05, 3.63) is 97.2 Å². The van der Waals surface area contributed by atoms with Gasteiger partial charge in [-0.1, -0.05) is 143 Å². The SMILES string of the molecule is CC/C=C/CC(O)/C=C/C=C/CCCCCCCC(=O)O[C@H](COC(=O)CC/C=C\C/C=C\C/C=C\C/C=C\C/C=C\CCCCC)COP(=O)(O)OCC[N+](C)(C)C. The van der Waals surface area contributed by atoms with Gasteiger partial charge in [0.15, 0.2) is 6.10 Å². The van der Waals surface area contributed by atoms with Gasteiger partial charge in [-0.2, -0.15) is 0 Å². The summed E-state index contributed by atoms with van der Waals surface area (Å²) >= 11 is 0. The number of likely N-dealkylation sites (N-methyl/N-ethyl adjacent to an activating group) is 1. The van der Waals surface area contributed by atoms with Crippen LogP contribution in [0.15, 0.2) is 97.2 Å². The van der Waals surface area contributed by atoms with E-state index in [0.29, 0.717) is 30.3 Å². The summed E-state index contributed by atoms with van der Waals surface area (Å²) in [5.74, 6) is -0.960. The molecule has 0 aromatic rings. The zero-order valence-electron chi connectivity index (χ0n) is 37.3. The number of phosphoric acid groups is 1. The molecule has 0 fully saturated rings. The van der Waals surface area contributed by atoms with Crippen LogP contribution in [0.3, 0.4) is 0 Å². The molecular formula is C48H81NO9P+. The molecule has 0 rings (SSSR count). The zero-order valence-corrected chi connectivity index (χ0v) is 38.2. The number of quaternary nitrogens is 1. The molecule has 0 spiro atoms. The number of carbonyl (C=O) groups is 2. The Morgan fingerprint density at radius 3 is 1.83 bits per heavy atom. The highest BCUT2D eigenvalue weighted by Gasteiger charge is 2.27. The van der Waals surface area contributed by atoms with Gasteiger partial charge in [0.05, 0.1) is 33.9 Å². The Balaban J connectivity index is 4.57. The lowest BCUT2D eigenvalue weighted by Gasteiger charge is -2.24. The fourth-order valence-electron chi connectivity index (χ4n) is 5.21. The highest BCUT2D eigenvalue weighted by atomic mass is 31.2. The second-order valence-corrected chi connectivity index (χ2v) is 17.0. The van der Waals surface area contributed by atoms with E-state index in [-0.39, 0.29) is 26.1 Å². The van der Waals surface area contributed by atoms with E-state index in [0.717, 1.165) is 64.2 Å². The quantitative estimate of drug-likeness (QED) is 0.0156. The second kappa shape index (κ2) is 39.1. The number of nitrogens with zero attached hydrogens (tertiary/aromatic N) is 1. The highest BCUT2D eigenvalue weighted by Crippen LogP contribution is 2.43. The first-order valence-electron chi connectivity index (χ1n) is 22.1. The number of ether oxygens (including phenoxy) is 2. The third-order valence-corrected chi connectivity index (χ3v) is 9.68. The van der Waals surface area contributed by atoms with Gasteiger partial charge in [0.25, 0.3) is 0 Å². The first-order valence-corrected chi connectivity index (χ1v) is 23.6. The lowest BCUT2D eigenvalue weighted by molar-refractivity contribution is -0.870. The lowest BCUT2D eigenvalue weighted by Crippen LogP contribution is -2.37. The number of hydrogen-bond donors (Lipinski definition) is 2. The predicted octanol–water partition coefficient (Wildman–Crippen LogP) is 11.5. The molecule has 0 amide bonds. The van der Waals surface area contributed by atoms with Crippen molar-refractivity contribution in [3.8, 4) is 0 Å². The van der Waals surface area contributed by atoms with Crippen LogP contribution < -0.4 is 0 Å². The first kappa shape index (κ1) is 55.9. The zero-order chi connectivity index (χ0) is 43.7. The number of allylic oxidation sites excluding steroid dienone is 14. The number of hydrogen-bond acceptors (Lipinski definition) is 8. The summed E-state index contributed by atoms with van der Waals surface area (Å²) in [5.41, 5.74) is 0. The lowest BCUT2D eigenvalue weighted by atomic mass is 10.1. The Kier molecular flexibility index (Phi) is 37.0. The van der Waals surface area contributed by atoms with E-state index in [1.165, 1.54) is 25.7 Å². The van der Waals surface area contributed by atoms with Crippen molar-refractivity contribution in [3.63, 3.8) is 0 Å². The minimum Gasteiger partial charge on any atom is -0.462 e. The Morgan fingerprint density at radius 2 is 1.20 bits per heavy atom. The van der Waals surface area contributed by atoms with Crippen molar-refractivity contribution < 1.29 is 47.2 Å². The Labute approximate surface area is 358 Å². The summed E-state index contributed by atoms with van der Waals surface area (Å²) in [6, 6.07) is 0. The Bertz CT molecular complexity index is 1340. The molecule has 10 nitrogen and oxygen atoms in total. The molecule has 2 N–H and O–H groups in total. The molecule has 0 heterocycles. The molecule has 0 radical (unpaired) electrons. The van der Waals surface area contributed by atoms with E-state index >= 15 is 0 Å². The van der Waals surface area contributed by atoms with Gasteiger partial charge < -0.3 is 24.0 Å². The molecule has 0 aliphatic heterocycles. The van der Waals surface area contributed by atoms with Crippen molar-refractivity contribution in [2.75, 3.05) is 47.5 Å². The van der Waals surface area contributed by atoms with Crippen LogP contribution >= 0.6 is 7.82 Å². The van der Waals surface area contributed by atoms with Gasteiger partial charge in [-0.3, -0.25) is 18.6 Å². The maximum absolute atomic E-state index is 12.7. The smallest absolute Gasteiger partial charge is 0.462 e. The summed E-state index contributed by atoms with van der Waals surface area (Å²) < 4.78 is 34.1. The van der Waals surface area contributed by atoms with Crippen LogP contribution in [0.5, 0.6) is 0 Å².